The Kier molecular flexibility index (Phi) is 3.01. The number of hydrogen-bond acceptors (Lipinski definition) is 5. The van der Waals surface area contributed by atoms with Crippen LogP contribution in [0.2, 0.25) is 0 Å². The third-order valence-electron chi connectivity index (χ3n) is 3.36. The van der Waals surface area contributed by atoms with Gasteiger partial charge < -0.3 is 5.32 Å². The maximum Gasteiger partial charge on any atom is 0.160 e. The number of anilines is 1. The molecule has 7 nitrogen and oxygen atoms in total. The first kappa shape index (κ1) is 12.5. The topological polar surface area (TPSA) is 84.3 Å². The van der Waals surface area contributed by atoms with Crippen molar-refractivity contribution in [3.63, 3.8) is 0 Å². The maximum absolute atomic E-state index is 4.38. The van der Waals surface area contributed by atoms with Crippen LogP contribution in [0.5, 0.6) is 0 Å². The highest BCUT2D eigenvalue weighted by molar-refractivity contribution is 5.85. The molecule has 0 radical (unpaired) electrons. The maximum atomic E-state index is 4.38. The van der Waals surface area contributed by atoms with Crippen LogP contribution >= 0.6 is 0 Å². The molecule has 2 N–H and O–H groups in total. The van der Waals surface area contributed by atoms with E-state index in [1.54, 1.807) is 6.20 Å². The van der Waals surface area contributed by atoms with Gasteiger partial charge in [0.1, 0.15) is 12.1 Å². The molecule has 0 atom stereocenters. The van der Waals surface area contributed by atoms with Crippen LogP contribution in [0.3, 0.4) is 0 Å². The number of nitrogens with zero attached hydrogens (tertiary/aromatic N) is 5. The fourth-order valence-corrected chi connectivity index (χ4v) is 2.26. The number of H-pyrrole nitrogens is 1. The minimum absolute atomic E-state index is 0.629. The lowest BCUT2D eigenvalue weighted by Crippen LogP contribution is -2.01. The lowest BCUT2D eigenvalue weighted by Gasteiger charge is -2.04. The largest absolute Gasteiger partial charge is 0.365 e. The summed E-state index contributed by atoms with van der Waals surface area (Å²) in [5.41, 5.74) is 2.82. The average molecular weight is 291 g/mol. The molecular weight excluding hydrogens is 278 g/mol. The van der Waals surface area contributed by atoms with Crippen molar-refractivity contribution in [2.45, 2.75) is 6.54 Å². The van der Waals surface area contributed by atoms with Gasteiger partial charge in [0.05, 0.1) is 23.5 Å². The average Bonchev–Trinajstić information content (AvgIpc) is 3.23. The number of para-hydroxylation sites is 1. The van der Waals surface area contributed by atoms with E-state index in [9.17, 15) is 0 Å². The summed E-state index contributed by atoms with van der Waals surface area (Å²) in [6, 6.07) is 10.0. The Hall–Kier alpha value is -3.22. The fraction of sp³-hybridized carbons (Fsp3) is 0.0667. The normalized spacial score (nSPS) is 10.9. The van der Waals surface area contributed by atoms with Crippen molar-refractivity contribution >= 4 is 16.9 Å². The molecule has 0 unspecified atom stereocenters. The van der Waals surface area contributed by atoms with Gasteiger partial charge in [0.15, 0.2) is 5.65 Å². The lowest BCUT2D eigenvalue weighted by atomic mass is 10.3. The molecule has 22 heavy (non-hydrogen) atoms. The Balaban J connectivity index is 1.53. The Morgan fingerprint density at radius 3 is 2.91 bits per heavy atom. The predicted molar refractivity (Wildman–Crippen MR) is 82.6 cm³/mol. The minimum atomic E-state index is 0.629. The second-order valence-corrected chi connectivity index (χ2v) is 4.84. The van der Waals surface area contributed by atoms with Gasteiger partial charge in [0, 0.05) is 18.3 Å². The van der Waals surface area contributed by atoms with Gasteiger partial charge in [-0.15, -0.1) is 0 Å². The summed E-state index contributed by atoms with van der Waals surface area (Å²) in [6.07, 6.45) is 7.06. The Morgan fingerprint density at radius 1 is 1.09 bits per heavy atom. The highest BCUT2D eigenvalue weighted by atomic mass is 15.3. The van der Waals surface area contributed by atoms with Crippen LogP contribution in [-0.4, -0.2) is 29.9 Å². The van der Waals surface area contributed by atoms with Crippen LogP contribution in [0.4, 0.5) is 5.82 Å². The molecule has 0 fully saturated rings. The van der Waals surface area contributed by atoms with Gasteiger partial charge in [-0.05, 0) is 12.1 Å². The van der Waals surface area contributed by atoms with Gasteiger partial charge in [0.25, 0.3) is 0 Å². The Bertz CT molecular complexity index is 894. The number of aromatic amines is 1. The van der Waals surface area contributed by atoms with Crippen molar-refractivity contribution in [3.8, 4) is 5.69 Å². The molecule has 4 rings (SSSR count). The number of fused-ring (bicyclic) bond motifs is 1. The molecule has 0 spiro atoms. The van der Waals surface area contributed by atoms with Crippen LogP contribution in [0.1, 0.15) is 5.56 Å². The van der Waals surface area contributed by atoms with Gasteiger partial charge in [-0.25, -0.2) is 14.6 Å². The van der Waals surface area contributed by atoms with Crippen LogP contribution < -0.4 is 5.32 Å². The van der Waals surface area contributed by atoms with E-state index in [-0.39, 0.29) is 0 Å². The number of rotatable bonds is 4. The minimum Gasteiger partial charge on any atom is -0.365 e. The van der Waals surface area contributed by atoms with E-state index in [1.807, 2.05) is 47.4 Å². The van der Waals surface area contributed by atoms with Crippen molar-refractivity contribution in [1.82, 2.24) is 29.9 Å². The molecule has 0 saturated heterocycles. The Labute approximate surface area is 126 Å². The molecule has 3 aromatic heterocycles. The third kappa shape index (κ3) is 2.28. The Morgan fingerprint density at radius 2 is 2.00 bits per heavy atom. The van der Waals surface area contributed by atoms with Crippen LogP contribution in [-0.2, 0) is 6.54 Å². The summed E-state index contributed by atoms with van der Waals surface area (Å²) in [5.74, 6) is 0.756. The molecular formula is C15H13N7. The smallest absolute Gasteiger partial charge is 0.160 e. The zero-order valence-electron chi connectivity index (χ0n) is 11.6. The summed E-state index contributed by atoms with van der Waals surface area (Å²) in [4.78, 5) is 8.36. The van der Waals surface area contributed by atoms with Crippen molar-refractivity contribution in [2.24, 2.45) is 0 Å². The van der Waals surface area contributed by atoms with Gasteiger partial charge >= 0.3 is 0 Å². The van der Waals surface area contributed by atoms with E-state index in [4.69, 9.17) is 0 Å². The standard InChI is InChI=1S/C15H13N7/c1-2-4-12(5-3-1)22-9-11(7-20-22)6-16-14-13-8-19-21-15(13)18-10-17-14/h1-5,7-10H,6H2,(H2,16,17,18,19,21). The first-order chi connectivity index (χ1) is 10.9. The van der Waals surface area contributed by atoms with Gasteiger partial charge in [-0.1, -0.05) is 18.2 Å². The van der Waals surface area contributed by atoms with E-state index in [2.05, 4.69) is 30.6 Å². The second-order valence-electron chi connectivity index (χ2n) is 4.84. The third-order valence-corrected chi connectivity index (χ3v) is 3.36. The zero-order valence-corrected chi connectivity index (χ0v) is 11.6. The van der Waals surface area contributed by atoms with Crippen molar-refractivity contribution < 1.29 is 0 Å². The van der Waals surface area contributed by atoms with E-state index in [1.165, 1.54) is 6.33 Å². The van der Waals surface area contributed by atoms with E-state index >= 15 is 0 Å². The van der Waals surface area contributed by atoms with Crippen molar-refractivity contribution in [3.05, 3.63) is 60.8 Å². The molecule has 0 bridgehead atoms. The summed E-state index contributed by atoms with van der Waals surface area (Å²) >= 11 is 0. The first-order valence-electron chi connectivity index (χ1n) is 6.87. The summed E-state index contributed by atoms with van der Waals surface area (Å²) in [5, 5.41) is 15.3. The van der Waals surface area contributed by atoms with E-state index < -0.39 is 0 Å². The lowest BCUT2D eigenvalue weighted by molar-refractivity contribution is 0.880. The quantitative estimate of drug-likeness (QED) is 0.602. The van der Waals surface area contributed by atoms with Gasteiger partial charge in [0.2, 0.25) is 0 Å². The first-order valence-corrected chi connectivity index (χ1v) is 6.87. The molecule has 3 heterocycles. The number of benzene rings is 1. The van der Waals surface area contributed by atoms with E-state index in [0.717, 1.165) is 28.1 Å². The SMILES string of the molecule is c1ccc(-n2cc(CNc3ncnc4[nH]ncc34)cn2)cc1. The molecule has 7 heteroatoms. The number of nitrogens with one attached hydrogen (secondary N) is 2. The van der Waals surface area contributed by atoms with Gasteiger partial charge in [-0.2, -0.15) is 10.2 Å². The molecule has 0 aliphatic heterocycles. The van der Waals surface area contributed by atoms with Gasteiger partial charge in [-0.3, -0.25) is 5.10 Å². The van der Waals surface area contributed by atoms with Crippen molar-refractivity contribution in [2.75, 3.05) is 5.32 Å². The van der Waals surface area contributed by atoms with Crippen molar-refractivity contribution in [1.29, 1.82) is 0 Å². The molecule has 4 aromatic rings. The van der Waals surface area contributed by atoms with Crippen LogP contribution in [0.15, 0.2) is 55.2 Å². The summed E-state index contributed by atoms with van der Waals surface area (Å²) < 4.78 is 1.85. The highest BCUT2D eigenvalue weighted by Crippen LogP contribution is 2.17. The summed E-state index contributed by atoms with van der Waals surface area (Å²) in [7, 11) is 0. The number of aromatic nitrogens is 6. The fourth-order valence-electron chi connectivity index (χ4n) is 2.26. The van der Waals surface area contributed by atoms with E-state index in [0.29, 0.717) is 6.54 Å². The zero-order chi connectivity index (χ0) is 14.8. The monoisotopic (exact) mass is 291 g/mol. The van der Waals surface area contributed by atoms with Crippen LogP contribution in [0.25, 0.3) is 16.7 Å². The molecule has 108 valence electrons. The molecule has 0 saturated carbocycles. The predicted octanol–water partition coefficient (Wildman–Crippen LogP) is 2.15. The number of hydrogen-bond donors (Lipinski definition) is 2. The molecule has 0 aliphatic rings. The molecule has 0 amide bonds. The molecule has 1 aromatic carbocycles. The molecule has 0 aliphatic carbocycles. The highest BCUT2D eigenvalue weighted by Gasteiger charge is 2.06. The summed E-state index contributed by atoms with van der Waals surface area (Å²) in [6.45, 7) is 0.629. The van der Waals surface area contributed by atoms with Crippen LogP contribution in [0, 0.1) is 0 Å². The second kappa shape index (κ2) is 5.28.